The van der Waals surface area contributed by atoms with E-state index in [1.807, 2.05) is 31.2 Å². The fraction of sp³-hybridized carbons (Fsp3) is 0.500. The van der Waals surface area contributed by atoms with Crippen LogP contribution in [-0.4, -0.2) is 11.4 Å². The van der Waals surface area contributed by atoms with Crippen LogP contribution in [0.3, 0.4) is 0 Å². The molecule has 0 radical (unpaired) electrons. The van der Waals surface area contributed by atoms with E-state index in [1.54, 1.807) is 0 Å². The topological polar surface area (TPSA) is 55.1 Å². The third-order valence-corrected chi connectivity index (χ3v) is 4.14. The molecule has 0 spiro atoms. The number of hydrogen-bond donors (Lipinski definition) is 2. The van der Waals surface area contributed by atoms with Gasteiger partial charge in [0.15, 0.2) is 0 Å². The number of nitrogens with one attached hydrogen (secondary N) is 1. The van der Waals surface area contributed by atoms with E-state index in [2.05, 4.69) is 21.2 Å². The van der Waals surface area contributed by atoms with Gasteiger partial charge >= 0.3 is 0 Å². The van der Waals surface area contributed by atoms with Crippen molar-refractivity contribution in [3.05, 3.63) is 34.3 Å². The highest BCUT2D eigenvalue weighted by molar-refractivity contribution is 9.10. The fourth-order valence-electron chi connectivity index (χ4n) is 2.43. The van der Waals surface area contributed by atoms with E-state index in [1.165, 1.54) is 0 Å². The molecule has 4 heteroatoms. The predicted octanol–water partition coefficient (Wildman–Crippen LogP) is 2.90. The zero-order chi connectivity index (χ0) is 13.2. The quantitative estimate of drug-likeness (QED) is 0.902. The Balaban J connectivity index is 2.03. The molecule has 0 aliphatic heterocycles. The van der Waals surface area contributed by atoms with Crippen LogP contribution in [0.15, 0.2) is 28.7 Å². The van der Waals surface area contributed by atoms with Crippen molar-refractivity contribution in [2.45, 2.75) is 44.2 Å². The average Bonchev–Trinajstić information content (AvgIpc) is 2.77. The van der Waals surface area contributed by atoms with Crippen LogP contribution < -0.4 is 11.1 Å². The molecule has 3 N–H and O–H groups in total. The molecular formula is C14H19BrN2O. The van der Waals surface area contributed by atoms with Gasteiger partial charge in [0, 0.05) is 4.47 Å². The summed E-state index contributed by atoms with van der Waals surface area (Å²) in [7, 11) is 0. The van der Waals surface area contributed by atoms with Gasteiger partial charge in [-0.25, -0.2) is 0 Å². The summed E-state index contributed by atoms with van der Waals surface area (Å²) in [6, 6.07) is 7.95. The van der Waals surface area contributed by atoms with Gasteiger partial charge in [0.1, 0.15) is 0 Å². The molecule has 1 aromatic rings. The van der Waals surface area contributed by atoms with Crippen molar-refractivity contribution >= 4 is 21.8 Å². The molecule has 1 fully saturated rings. The van der Waals surface area contributed by atoms with Crippen LogP contribution in [0, 0.1) is 0 Å². The summed E-state index contributed by atoms with van der Waals surface area (Å²) in [4.78, 5) is 12.2. The standard InChI is InChI=1S/C14H19BrN2O/c1-10(11-5-4-6-12(15)9-11)17-13(18)14(16)7-2-3-8-14/h4-6,9-10H,2-3,7-8,16H2,1H3,(H,17,18)/t10-/m0/s1. The van der Waals surface area contributed by atoms with Crippen LogP contribution in [0.25, 0.3) is 0 Å². The molecule has 2 rings (SSSR count). The summed E-state index contributed by atoms with van der Waals surface area (Å²) in [5.41, 5.74) is 6.57. The van der Waals surface area contributed by atoms with Crippen LogP contribution >= 0.6 is 15.9 Å². The predicted molar refractivity (Wildman–Crippen MR) is 76.1 cm³/mol. The van der Waals surface area contributed by atoms with Crippen molar-refractivity contribution < 1.29 is 4.79 Å². The number of carbonyl (C=O) groups is 1. The first-order chi connectivity index (χ1) is 8.51. The summed E-state index contributed by atoms with van der Waals surface area (Å²) >= 11 is 3.44. The second-order valence-corrected chi connectivity index (χ2v) is 6.03. The summed E-state index contributed by atoms with van der Waals surface area (Å²) in [5, 5.41) is 3.02. The second kappa shape index (κ2) is 5.41. The minimum Gasteiger partial charge on any atom is -0.348 e. The normalized spacial score (nSPS) is 19.5. The van der Waals surface area contributed by atoms with Gasteiger partial charge in [-0.2, -0.15) is 0 Å². The summed E-state index contributed by atoms with van der Waals surface area (Å²) in [5.74, 6) is -0.0209. The SMILES string of the molecule is C[C@H](NC(=O)C1(N)CCCC1)c1cccc(Br)c1. The lowest BCUT2D eigenvalue weighted by Crippen LogP contribution is -2.52. The maximum atomic E-state index is 12.2. The number of benzene rings is 1. The lowest BCUT2D eigenvalue weighted by molar-refractivity contribution is -0.126. The van der Waals surface area contributed by atoms with Crippen LogP contribution in [0.1, 0.15) is 44.2 Å². The minimum absolute atomic E-state index is 0.0176. The van der Waals surface area contributed by atoms with Crippen molar-refractivity contribution in [1.82, 2.24) is 5.32 Å². The Morgan fingerprint density at radius 3 is 2.72 bits per heavy atom. The third kappa shape index (κ3) is 2.93. The Morgan fingerprint density at radius 1 is 1.44 bits per heavy atom. The first-order valence-corrected chi connectivity index (χ1v) is 7.16. The Hall–Kier alpha value is -0.870. The molecule has 1 aliphatic rings. The smallest absolute Gasteiger partial charge is 0.240 e. The Morgan fingerprint density at radius 2 is 2.11 bits per heavy atom. The van der Waals surface area contributed by atoms with E-state index in [4.69, 9.17) is 5.73 Å². The molecule has 1 atom stereocenters. The van der Waals surface area contributed by atoms with E-state index in [9.17, 15) is 4.79 Å². The molecule has 1 aliphatic carbocycles. The number of rotatable bonds is 3. The number of amides is 1. The summed E-state index contributed by atoms with van der Waals surface area (Å²) < 4.78 is 1.02. The van der Waals surface area contributed by atoms with E-state index in [0.717, 1.165) is 35.7 Å². The molecule has 98 valence electrons. The van der Waals surface area contributed by atoms with Crippen LogP contribution in [0.5, 0.6) is 0 Å². The molecule has 0 bridgehead atoms. The van der Waals surface area contributed by atoms with Gasteiger partial charge in [-0.15, -0.1) is 0 Å². The van der Waals surface area contributed by atoms with Gasteiger partial charge in [-0.3, -0.25) is 4.79 Å². The third-order valence-electron chi connectivity index (χ3n) is 3.64. The molecule has 18 heavy (non-hydrogen) atoms. The largest absolute Gasteiger partial charge is 0.348 e. The molecule has 0 unspecified atom stereocenters. The van der Waals surface area contributed by atoms with Crippen molar-refractivity contribution in [2.75, 3.05) is 0 Å². The molecular weight excluding hydrogens is 292 g/mol. The van der Waals surface area contributed by atoms with Gasteiger partial charge in [-0.05, 0) is 37.5 Å². The Bertz CT molecular complexity index is 441. The lowest BCUT2D eigenvalue weighted by atomic mass is 9.97. The molecule has 0 heterocycles. The second-order valence-electron chi connectivity index (χ2n) is 5.11. The molecule has 1 amide bonds. The Kier molecular flexibility index (Phi) is 4.07. The van der Waals surface area contributed by atoms with E-state index in [0.29, 0.717) is 0 Å². The van der Waals surface area contributed by atoms with Gasteiger partial charge in [0.25, 0.3) is 0 Å². The summed E-state index contributed by atoms with van der Waals surface area (Å²) in [6.45, 7) is 1.98. The number of nitrogens with two attached hydrogens (primary N) is 1. The zero-order valence-electron chi connectivity index (χ0n) is 10.6. The van der Waals surface area contributed by atoms with Gasteiger partial charge in [-0.1, -0.05) is 40.9 Å². The van der Waals surface area contributed by atoms with Gasteiger partial charge in [0.05, 0.1) is 11.6 Å². The van der Waals surface area contributed by atoms with Crippen LogP contribution in [0.2, 0.25) is 0 Å². The van der Waals surface area contributed by atoms with E-state index < -0.39 is 5.54 Å². The zero-order valence-corrected chi connectivity index (χ0v) is 12.2. The van der Waals surface area contributed by atoms with E-state index in [-0.39, 0.29) is 11.9 Å². The van der Waals surface area contributed by atoms with Crippen LogP contribution in [-0.2, 0) is 4.79 Å². The maximum absolute atomic E-state index is 12.2. The van der Waals surface area contributed by atoms with Gasteiger partial charge < -0.3 is 11.1 Å². The number of carbonyl (C=O) groups excluding carboxylic acids is 1. The molecule has 0 aromatic heterocycles. The minimum atomic E-state index is -0.653. The summed E-state index contributed by atoms with van der Waals surface area (Å²) in [6.07, 6.45) is 3.69. The fourth-order valence-corrected chi connectivity index (χ4v) is 2.85. The maximum Gasteiger partial charge on any atom is 0.240 e. The highest BCUT2D eigenvalue weighted by Gasteiger charge is 2.37. The monoisotopic (exact) mass is 310 g/mol. The van der Waals surface area contributed by atoms with Crippen molar-refractivity contribution in [1.29, 1.82) is 0 Å². The highest BCUT2D eigenvalue weighted by Crippen LogP contribution is 2.28. The Labute approximate surface area is 116 Å². The molecule has 1 aromatic carbocycles. The number of hydrogen-bond acceptors (Lipinski definition) is 2. The molecule has 0 saturated heterocycles. The molecule has 3 nitrogen and oxygen atoms in total. The van der Waals surface area contributed by atoms with Crippen molar-refractivity contribution in [3.8, 4) is 0 Å². The van der Waals surface area contributed by atoms with Gasteiger partial charge in [0.2, 0.25) is 5.91 Å². The van der Waals surface area contributed by atoms with Crippen LogP contribution in [0.4, 0.5) is 0 Å². The average molecular weight is 311 g/mol. The first-order valence-electron chi connectivity index (χ1n) is 6.36. The highest BCUT2D eigenvalue weighted by atomic mass is 79.9. The number of halogens is 1. The molecule has 1 saturated carbocycles. The van der Waals surface area contributed by atoms with Crippen molar-refractivity contribution in [3.63, 3.8) is 0 Å². The van der Waals surface area contributed by atoms with E-state index >= 15 is 0 Å². The lowest BCUT2D eigenvalue weighted by Gasteiger charge is -2.25. The van der Waals surface area contributed by atoms with Crippen molar-refractivity contribution in [2.24, 2.45) is 5.73 Å². The first kappa shape index (κ1) is 13.6.